The second-order valence-corrected chi connectivity index (χ2v) is 6.47. The normalized spacial score (nSPS) is 16.0. The van der Waals surface area contributed by atoms with Crippen LogP contribution in [0.15, 0.2) is 41.4 Å². The number of rotatable bonds is 3. The van der Waals surface area contributed by atoms with Gasteiger partial charge in [0.15, 0.2) is 0 Å². The molecule has 2 amide bonds. The summed E-state index contributed by atoms with van der Waals surface area (Å²) in [6, 6.07) is 7.16. The third-order valence-electron chi connectivity index (χ3n) is 3.43. The highest BCUT2D eigenvalue weighted by atomic mass is 32.2. The second kappa shape index (κ2) is 5.07. The van der Waals surface area contributed by atoms with Gasteiger partial charge in [-0.2, -0.15) is 0 Å². The van der Waals surface area contributed by atoms with Gasteiger partial charge in [-0.1, -0.05) is 0 Å². The van der Waals surface area contributed by atoms with E-state index < -0.39 is 21.8 Å². The Balaban J connectivity index is 2.32. The quantitative estimate of drug-likeness (QED) is 0.586. The van der Waals surface area contributed by atoms with Crippen molar-refractivity contribution in [1.82, 2.24) is 4.98 Å². The number of carbonyl (C=O) groups excluding carboxylic acids is 2. The van der Waals surface area contributed by atoms with Crippen LogP contribution < -0.4 is 16.2 Å². The maximum Gasteiger partial charge on any atom is 0.257 e. The molecule has 1 aliphatic rings. The first-order chi connectivity index (χ1) is 10.8. The van der Waals surface area contributed by atoms with E-state index >= 15 is 0 Å². The first-order valence-corrected chi connectivity index (χ1v) is 8.00. The van der Waals surface area contributed by atoms with Crippen molar-refractivity contribution in [3.8, 4) is 0 Å². The number of nitrogens with one attached hydrogen (secondary N) is 2. The van der Waals surface area contributed by atoms with E-state index in [9.17, 15) is 18.0 Å². The van der Waals surface area contributed by atoms with Gasteiger partial charge in [0.2, 0.25) is 10.0 Å². The molecule has 0 aliphatic carbocycles. The summed E-state index contributed by atoms with van der Waals surface area (Å²) < 4.78 is 23.0. The third-order valence-corrected chi connectivity index (χ3v) is 4.34. The van der Waals surface area contributed by atoms with Crippen molar-refractivity contribution in [3.63, 3.8) is 0 Å². The number of primary sulfonamides is 1. The van der Waals surface area contributed by atoms with E-state index in [0.29, 0.717) is 11.4 Å². The summed E-state index contributed by atoms with van der Waals surface area (Å²) in [5.74, 6) is -1.36. The SMILES string of the molecule is NC(=O)/C(=C1\C(=O)Nc2ccc(S(N)(=O)=O)cc21)c1ccc[nH]1. The van der Waals surface area contributed by atoms with Crippen molar-refractivity contribution < 1.29 is 18.0 Å². The molecule has 0 radical (unpaired) electrons. The predicted octanol–water partition coefficient (Wildman–Crippen LogP) is 0.0103. The smallest absolute Gasteiger partial charge is 0.257 e. The van der Waals surface area contributed by atoms with Crippen molar-refractivity contribution >= 4 is 38.7 Å². The van der Waals surface area contributed by atoms with Gasteiger partial charge in [-0.05, 0) is 30.3 Å². The Labute approximate surface area is 131 Å². The van der Waals surface area contributed by atoms with Gasteiger partial charge in [-0.25, -0.2) is 13.6 Å². The van der Waals surface area contributed by atoms with Gasteiger partial charge < -0.3 is 16.0 Å². The molecule has 2 aromatic rings. The van der Waals surface area contributed by atoms with E-state index in [-0.39, 0.29) is 21.6 Å². The number of aromatic amines is 1. The van der Waals surface area contributed by atoms with Crippen molar-refractivity contribution in [3.05, 3.63) is 47.8 Å². The lowest BCUT2D eigenvalue weighted by molar-refractivity contribution is -0.113. The van der Waals surface area contributed by atoms with Crippen molar-refractivity contribution in [2.45, 2.75) is 4.90 Å². The zero-order valence-electron chi connectivity index (χ0n) is 11.7. The summed E-state index contributed by atoms with van der Waals surface area (Å²) in [6.45, 7) is 0. The Morgan fingerprint density at radius 3 is 2.48 bits per heavy atom. The summed E-state index contributed by atoms with van der Waals surface area (Å²) >= 11 is 0. The number of fused-ring (bicyclic) bond motifs is 1. The average molecular weight is 332 g/mol. The fraction of sp³-hybridized carbons (Fsp3) is 0. The van der Waals surface area contributed by atoms with E-state index in [0.717, 1.165) is 0 Å². The van der Waals surface area contributed by atoms with E-state index in [2.05, 4.69) is 10.3 Å². The van der Waals surface area contributed by atoms with E-state index in [1.165, 1.54) is 18.2 Å². The van der Waals surface area contributed by atoms with Crippen molar-refractivity contribution in [1.29, 1.82) is 0 Å². The van der Waals surface area contributed by atoms with Gasteiger partial charge in [-0.3, -0.25) is 9.59 Å². The molecule has 0 atom stereocenters. The highest BCUT2D eigenvalue weighted by Crippen LogP contribution is 2.37. The van der Waals surface area contributed by atoms with Crippen molar-refractivity contribution in [2.75, 3.05) is 5.32 Å². The Bertz CT molecular complexity index is 959. The first-order valence-electron chi connectivity index (χ1n) is 6.45. The Morgan fingerprint density at radius 2 is 1.91 bits per heavy atom. The minimum absolute atomic E-state index is 0.000417. The third kappa shape index (κ3) is 2.51. The van der Waals surface area contributed by atoms with Gasteiger partial charge in [0.1, 0.15) is 0 Å². The molecule has 1 aliphatic heterocycles. The number of hydrogen-bond donors (Lipinski definition) is 4. The van der Waals surface area contributed by atoms with Gasteiger partial charge in [-0.15, -0.1) is 0 Å². The van der Waals surface area contributed by atoms with Crippen LogP contribution in [-0.4, -0.2) is 25.2 Å². The predicted molar refractivity (Wildman–Crippen MR) is 83.2 cm³/mol. The van der Waals surface area contributed by atoms with E-state index in [1.807, 2.05) is 0 Å². The van der Waals surface area contributed by atoms with Crippen LogP contribution in [0.4, 0.5) is 5.69 Å². The van der Waals surface area contributed by atoms with Crippen LogP contribution in [0.5, 0.6) is 0 Å². The molecule has 3 rings (SSSR count). The maximum absolute atomic E-state index is 12.3. The van der Waals surface area contributed by atoms with Crippen molar-refractivity contribution in [2.24, 2.45) is 10.9 Å². The topological polar surface area (TPSA) is 148 Å². The standard InChI is InChI=1S/C14H12N4O4S/c15-13(19)12(10-2-1-5-17-10)11-8-6-7(23(16,21)22)3-4-9(8)18-14(11)20/h1-6,17H,(H2,15,19)(H,18,20)(H2,16,21,22)/b12-11-. The Kier molecular flexibility index (Phi) is 3.31. The molecule has 6 N–H and O–H groups in total. The Hall–Kier alpha value is -2.91. The fourth-order valence-electron chi connectivity index (χ4n) is 2.45. The number of primary amides is 1. The molecule has 118 valence electrons. The number of anilines is 1. The van der Waals surface area contributed by atoms with Crippen LogP contribution in [0.1, 0.15) is 11.3 Å². The molecule has 8 nitrogen and oxygen atoms in total. The summed E-state index contributed by atoms with van der Waals surface area (Å²) in [6.07, 6.45) is 1.58. The summed E-state index contributed by atoms with van der Waals surface area (Å²) in [5.41, 5.74) is 6.37. The zero-order chi connectivity index (χ0) is 16.8. The molecule has 2 heterocycles. The summed E-state index contributed by atoms with van der Waals surface area (Å²) in [4.78, 5) is 26.7. The van der Waals surface area contributed by atoms with Crippen LogP contribution in [0.2, 0.25) is 0 Å². The highest BCUT2D eigenvalue weighted by Gasteiger charge is 2.31. The number of hydrogen-bond acceptors (Lipinski definition) is 4. The number of sulfonamides is 1. The number of aromatic nitrogens is 1. The summed E-state index contributed by atoms with van der Waals surface area (Å²) in [5, 5.41) is 7.68. The van der Waals surface area contributed by atoms with Gasteiger partial charge in [0.25, 0.3) is 11.8 Å². The number of nitrogens with two attached hydrogens (primary N) is 2. The second-order valence-electron chi connectivity index (χ2n) is 4.90. The monoisotopic (exact) mass is 332 g/mol. The lowest BCUT2D eigenvalue weighted by atomic mass is 9.98. The molecule has 1 aromatic heterocycles. The highest BCUT2D eigenvalue weighted by molar-refractivity contribution is 7.89. The Morgan fingerprint density at radius 1 is 1.17 bits per heavy atom. The number of benzene rings is 1. The fourth-order valence-corrected chi connectivity index (χ4v) is 2.99. The zero-order valence-corrected chi connectivity index (χ0v) is 12.5. The van der Waals surface area contributed by atoms with Gasteiger partial charge in [0.05, 0.1) is 21.7 Å². The lowest BCUT2D eigenvalue weighted by Crippen LogP contribution is -2.17. The molecule has 1 aromatic carbocycles. The maximum atomic E-state index is 12.3. The van der Waals surface area contributed by atoms with E-state index in [4.69, 9.17) is 10.9 Å². The molecule has 0 unspecified atom stereocenters. The average Bonchev–Trinajstić information content (AvgIpc) is 3.06. The molecule has 0 fully saturated rings. The molecule has 0 saturated heterocycles. The minimum atomic E-state index is -3.95. The molecule has 23 heavy (non-hydrogen) atoms. The molecular formula is C14H12N4O4S. The number of amides is 2. The van der Waals surface area contributed by atoms with Crippen LogP contribution in [-0.2, 0) is 19.6 Å². The molecule has 0 bridgehead atoms. The lowest BCUT2D eigenvalue weighted by Gasteiger charge is -2.07. The molecule has 9 heteroatoms. The van der Waals surface area contributed by atoms with E-state index in [1.54, 1.807) is 18.3 Å². The molecular weight excluding hydrogens is 320 g/mol. The minimum Gasteiger partial charge on any atom is -0.366 e. The van der Waals surface area contributed by atoms with Crippen LogP contribution in [0, 0.1) is 0 Å². The van der Waals surface area contributed by atoms with Crippen LogP contribution in [0.3, 0.4) is 0 Å². The number of H-pyrrole nitrogens is 1. The van der Waals surface area contributed by atoms with Crippen LogP contribution in [0.25, 0.3) is 11.1 Å². The van der Waals surface area contributed by atoms with Gasteiger partial charge >= 0.3 is 0 Å². The van der Waals surface area contributed by atoms with Crippen LogP contribution >= 0.6 is 0 Å². The largest absolute Gasteiger partial charge is 0.366 e. The molecule has 0 saturated carbocycles. The summed E-state index contributed by atoms with van der Waals surface area (Å²) in [7, 11) is -3.95. The first kappa shape index (κ1) is 15.0. The number of carbonyl (C=O) groups is 2. The molecule has 0 spiro atoms. The van der Waals surface area contributed by atoms with Gasteiger partial charge in [0, 0.05) is 17.4 Å².